The summed E-state index contributed by atoms with van der Waals surface area (Å²) in [6, 6.07) is 22.9. The molecule has 7 heteroatoms. The van der Waals surface area contributed by atoms with E-state index in [9.17, 15) is 9.59 Å². The zero-order valence-corrected chi connectivity index (χ0v) is 19.0. The Hall–Kier alpha value is -3.67. The number of esters is 1. The third kappa shape index (κ3) is 5.22. The molecule has 4 aromatic carbocycles. The number of hydrogen-bond acceptors (Lipinski definition) is 4. The second kappa shape index (κ2) is 9.86. The summed E-state index contributed by atoms with van der Waals surface area (Å²) in [7, 11) is 0. The first-order valence-electron chi connectivity index (χ1n) is 10.0. The monoisotopic (exact) mass is 476 g/mol. The van der Waals surface area contributed by atoms with E-state index in [0.29, 0.717) is 27.5 Å². The van der Waals surface area contributed by atoms with Gasteiger partial charge in [-0.25, -0.2) is 10.2 Å². The highest BCUT2D eigenvalue weighted by Crippen LogP contribution is 2.28. The average molecular weight is 477 g/mol. The normalized spacial score (nSPS) is 11.0. The van der Waals surface area contributed by atoms with Gasteiger partial charge in [0.25, 0.3) is 5.91 Å². The van der Waals surface area contributed by atoms with Crippen LogP contribution in [0, 0.1) is 6.92 Å². The Bertz CT molecular complexity index is 1400. The summed E-state index contributed by atoms with van der Waals surface area (Å²) in [5.74, 6) is -0.612. The molecule has 33 heavy (non-hydrogen) atoms. The van der Waals surface area contributed by atoms with Crippen LogP contribution in [0.15, 0.2) is 84.0 Å². The first-order valence-corrected chi connectivity index (χ1v) is 10.8. The highest BCUT2D eigenvalue weighted by Gasteiger charge is 2.14. The maximum atomic E-state index is 12.7. The fourth-order valence-electron chi connectivity index (χ4n) is 3.29. The van der Waals surface area contributed by atoms with Crippen LogP contribution in [0.1, 0.15) is 31.8 Å². The molecular formula is C26H18Cl2N2O3. The van der Waals surface area contributed by atoms with Crippen molar-refractivity contribution >= 4 is 52.1 Å². The summed E-state index contributed by atoms with van der Waals surface area (Å²) < 4.78 is 5.69. The van der Waals surface area contributed by atoms with Crippen LogP contribution in [0.5, 0.6) is 5.75 Å². The topological polar surface area (TPSA) is 67.8 Å². The van der Waals surface area contributed by atoms with Crippen LogP contribution in [0.3, 0.4) is 0 Å². The Balaban J connectivity index is 1.63. The SMILES string of the molecule is Cc1cccc(C(=O)Oc2ccc3ccccc3c2/C=N\NC(=O)c2ccc(Cl)c(Cl)c2)c1. The van der Waals surface area contributed by atoms with E-state index in [1.165, 1.54) is 18.3 Å². The number of fused-ring (bicyclic) bond motifs is 1. The van der Waals surface area contributed by atoms with Gasteiger partial charge in [0.15, 0.2) is 0 Å². The van der Waals surface area contributed by atoms with E-state index in [-0.39, 0.29) is 5.02 Å². The zero-order valence-electron chi connectivity index (χ0n) is 17.5. The van der Waals surface area contributed by atoms with E-state index in [4.69, 9.17) is 27.9 Å². The molecule has 0 aliphatic carbocycles. The lowest BCUT2D eigenvalue weighted by atomic mass is 10.0. The fourth-order valence-corrected chi connectivity index (χ4v) is 3.58. The molecule has 0 fully saturated rings. The number of hydrogen-bond donors (Lipinski definition) is 1. The molecule has 0 aliphatic heterocycles. The molecule has 0 atom stereocenters. The molecule has 0 aromatic heterocycles. The number of ether oxygens (including phenoxy) is 1. The predicted molar refractivity (Wildman–Crippen MR) is 132 cm³/mol. The molecule has 0 bridgehead atoms. The summed E-state index contributed by atoms with van der Waals surface area (Å²) >= 11 is 11.9. The van der Waals surface area contributed by atoms with Gasteiger partial charge in [0.1, 0.15) is 5.75 Å². The van der Waals surface area contributed by atoms with E-state index in [2.05, 4.69) is 10.5 Å². The minimum Gasteiger partial charge on any atom is -0.422 e. The minimum atomic E-state index is -0.483. The smallest absolute Gasteiger partial charge is 0.343 e. The number of halogens is 2. The Morgan fingerprint density at radius 1 is 0.879 bits per heavy atom. The molecule has 4 rings (SSSR count). The zero-order chi connectivity index (χ0) is 23.4. The van der Waals surface area contributed by atoms with Crippen LogP contribution in [0.2, 0.25) is 10.0 Å². The molecule has 1 N–H and O–H groups in total. The first-order chi connectivity index (χ1) is 15.9. The molecule has 0 saturated carbocycles. The second-order valence-electron chi connectivity index (χ2n) is 7.29. The summed E-state index contributed by atoms with van der Waals surface area (Å²) in [4.78, 5) is 25.2. The number of nitrogens with one attached hydrogen (secondary N) is 1. The van der Waals surface area contributed by atoms with Crippen molar-refractivity contribution in [3.05, 3.63) is 111 Å². The molecule has 4 aromatic rings. The van der Waals surface area contributed by atoms with Crippen LogP contribution in [0.25, 0.3) is 10.8 Å². The van der Waals surface area contributed by atoms with Gasteiger partial charge in [-0.2, -0.15) is 5.10 Å². The molecule has 0 aliphatic rings. The molecule has 1 amide bonds. The third-order valence-corrected chi connectivity index (χ3v) is 5.67. The number of carbonyl (C=O) groups is 2. The Morgan fingerprint density at radius 2 is 1.70 bits per heavy atom. The van der Waals surface area contributed by atoms with Crippen LogP contribution < -0.4 is 10.2 Å². The highest BCUT2D eigenvalue weighted by atomic mass is 35.5. The van der Waals surface area contributed by atoms with Crippen molar-refractivity contribution in [2.24, 2.45) is 5.10 Å². The van der Waals surface area contributed by atoms with Crippen molar-refractivity contribution < 1.29 is 14.3 Å². The van der Waals surface area contributed by atoms with Gasteiger partial charge >= 0.3 is 5.97 Å². The summed E-state index contributed by atoms with van der Waals surface area (Å²) in [5.41, 5.74) is 4.73. The maximum absolute atomic E-state index is 12.7. The van der Waals surface area contributed by atoms with Gasteiger partial charge in [-0.15, -0.1) is 0 Å². The van der Waals surface area contributed by atoms with Crippen molar-refractivity contribution in [2.75, 3.05) is 0 Å². The molecule has 0 spiro atoms. The summed E-state index contributed by atoms with van der Waals surface area (Å²) in [5, 5.41) is 6.46. The number of nitrogens with zero attached hydrogens (tertiary/aromatic N) is 1. The lowest BCUT2D eigenvalue weighted by Crippen LogP contribution is -2.17. The molecule has 164 valence electrons. The number of rotatable bonds is 5. The van der Waals surface area contributed by atoms with Gasteiger partial charge in [-0.3, -0.25) is 4.79 Å². The molecule has 0 radical (unpaired) electrons. The van der Waals surface area contributed by atoms with Crippen molar-refractivity contribution in [2.45, 2.75) is 6.92 Å². The number of aryl methyl sites for hydroxylation is 1. The van der Waals surface area contributed by atoms with E-state index in [1.54, 1.807) is 30.3 Å². The second-order valence-corrected chi connectivity index (χ2v) is 8.10. The number of amides is 1. The lowest BCUT2D eigenvalue weighted by Gasteiger charge is -2.11. The third-order valence-electron chi connectivity index (χ3n) is 4.93. The van der Waals surface area contributed by atoms with Gasteiger partial charge in [0.05, 0.1) is 21.8 Å². The Morgan fingerprint density at radius 3 is 2.48 bits per heavy atom. The van der Waals surface area contributed by atoms with Gasteiger partial charge in [0, 0.05) is 11.1 Å². The van der Waals surface area contributed by atoms with Crippen LogP contribution in [-0.2, 0) is 0 Å². The van der Waals surface area contributed by atoms with Crippen LogP contribution in [0.4, 0.5) is 0 Å². The molecule has 0 unspecified atom stereocenters. The quantitative estimate of drug-likeness (QED) is 0.156. The molecule has 5 nitrogen and oxygen atoms in total. The first kappa shape index (κ1) is 22.5. The Kier molecular flexibility index (Phi) is 6.73. The van der Waals surface area contributed by atoms with Crippen molar-refractivity contribution in [1.82, 2.24) is 5.43 Å². The largest absolute Gasteiger partial charge is 0.422 e. The summed E-state index contributed by atoms with van der Waals surface area (Å²) in [6.45, 7) is 1.90. The van der Waals surface area contributed by atoms with Crippen molar-refractivity contribution in [3.8, 4) is 5.75 Å². The van der Waals surface area contributed by atoms with Gasteiger partial charge in [-0.05, 0) is 54.1 Å². The predicted octanol–water partition coefficient (Wildman–Crippen LogP) is 6.44. The molecular weight excluding hydrogens is 459 g/mol. The fraction of sp³-hybridized carbons (Fsp3) is 0.0385. The Labute approximate surface area is 200 Å². The van der Waals surface area contributed by atoms with Gasteiger partial charge in [0.2, 0.25) is 0 Å². The molecule has 0 saturated heterocycles. The van der Waals surface area contributed by atoms with E-state index in [0.717, 1.165) is 16.3 Å². The highest BCUT2D eigenvalue weighted by molar-refractivity contribution is 6.42. The maximum Gasteiger partial charge on any atom is 0.343 e. The van der Waals surface area contributed by atoms with Crippen molar-refractivity contribution in [1.29, 1.82) is 0 Å². The minimum absolute atomic E-state index is 0.271. The molecule has 0 heterocycles. The number of hydrazone groups is 1. The van der Waals surface area contributed by atoms with Gasteiger partial charge in [-0.1, -0.05) is 71.2 Å². The van der Waals surface area contributed by atoms with Crippen molar-refractivity contribution in [3.63, 3.8) is 0 Å². The average Bonchev–Trinajstić information content (AvgIpc) is 2.81. The standard InChI is InChI=1S/C26H18Cl2N2O3/c1-16-5-4-7-19(13-16)26(32)33-24-12-10-17-6-2-3-8-20(17)21(24)15-29-30-25(31)18-9-11-22(27)23(28)14-18/h2-15H,1H3,(H,30,31)/b29-15-. The van der Waals surface area contributed by atoms with Crippen LogP contribution >= 0.6 is 23.2 Å². The van der Waals surface area contributed by atoms with E-state index >= 15 is 0 Å². The van der Waals surface area contributed by atoms with Crippen LogP contribution in [-0.4, -0.2) is 18.1 Å². The van der Waals surface area contributed by atoms with E-state index in [1.807, 2.05) is 43.3 Å². The van der Waals surface area contributed by atoms with Gasteiger partial charge < -0.3 is 4.74 Å². The number of carbonyl (C=O) groups excluding carboxylic acids is 2. The number of benzene rings is 4. The lowest BCUT2D eigenvalue weighted by molar-refractivity contribution is 0.0734. The summed E-state index contributed by atoms with van der Waals surface area (Å²) in [6.07, 6.45) is 1.45. The van der Waals surface area contributed by atoms with E-state index < -0.39 is 11.9 Å².